The average Bonchev–Trinajstić information content (AvgIpc) is 3.41. The summed E-state index contributed by atoms with van der Waals surface area (Å²) in [6.45, 7) is -1.32. The Balaban J connectivity index is 1.58. The maximum Gasteiger partial charge on any atom is 0.251 e. The van der Waals surface area contributed by atoms with E-state index in [0.29, 0.717) is 0 Å². The molecule has 4 aliphatic rings. The first-order valence-corrected chi connectivity index (χ1v) is 16.7. The van der Waals surface area contributed by atoms with Gasteiger partial charge >= 0.3 is 0 Å². The number of carbonyl (C=O) groups excluding carboxylic acids is 1. The third kappa shape index (κ3) is 9.13. The van der Waals surface area contributed by atoms with E-state index in [0.717, 1.165) is 0 Å². The molecule has 4 rings (SSSR count). The maximum atomic E-state index is 12.7. The van der Waals surface area contributed by atoms with Crippen molar-refractivity contribution >= 4 is 5.91 Å². The van der Waals surface area contributed by atoms with Crippen LogP contribution in [-0.4, -0.2) is 214 Å². The lowest BCUT2D eigenvalue weighted by Crippen LogP contribution is -2.69. The highest BCUT2D eigenvalue weighted by Gasteiger charge is 2.55. The first-order valence-electron chi connectivity index (χ1n) is 16.7. The molecule has 21 N–H and O–H groups in total. The van der Waals surface area contributed by atoms with Gasteiger partial charge in [-0.15, -0.1) is 0 Å². The van der Waals surface area contributed by atoms with Crippen molar-refractivity contribution in [1.82, 2.24) is 10.6 Å². The summed E-state index contributed by atoms with van der Waals surface area (Å²) in [6.07, 6.45) is -25.5. The Hall–Kier alpha value is -1.37. The smallest absolute Gasteiger partial charge is 0.251 e. The Kier molecular flexibility index (Phi) is 15.2. The van der Waals surface area contributed by atoms with Gasteiger partial charge in [-0.05, 0) is 13.5 Å². The molecule has 3 aliphatic heterocycles. The molecule has 1 amide bonds. The lowest BCUT2D eigenvalue weighted by atomic mass is 9.83. The van der Waals surface area contributed by atoms with Gasteiger partial charge in [-0.25, -0.2) is 0 Å². The number of carbonyl (C=O) groups is 1. The summed E-state index contributed by atoms with van der Waals surface area (Å²) in [7, 11) is 1.59. The maximum absolute atomic E-state index is 12.7. The first-order chi connectivity index (χ1) is 24.1. The van der Waals surface area contributed by atoms with Crippen LogP contribution in [0.1, 0.15) is 6.42 Å². The Morgan fingerprint density at radius 1 is 0.745 bits per heavy atom. The van der Waals surface area contributed by atoms with Gasteiger partial charge in [0.2, 0.25) is 0 Å². The molecule has 3 heterocycles. The lowest BCUT2D eigenvalue weighted by Gasteiger charge is -2.48. The van der Waals surface area contributed by atoms with E-state index in [1.807, 2.05) is 0 Å². The molecule has 23 nitrogen and oxygen atoms in total. The van der Waals surface area contributed by atoms with Gasteiger partial charge in [-0.1, -0.05) is 0 Å². The van der Waals surface area contributed by atoms with Gasteiger partial charge < -0.3 is 114 Å². The van der Waals surface area contributed by atoms with Crippen molar-refractivity contribution in [2.45, 2.75) is 135 Å². The monoisotopic (exact) mass is 745 g/mol. The summed E-state index contributed by atoms with van der Waals surface area (Å²) in [5, 5.41) is 100.0. The minimum absolute atomic E-state index is 0.0809. The SMILES string of the molecule is CNC[C@H]1O[C@H](O[C@H]2[C@H](O[C@@H]3O[C@H](CO)[C@@H](O[C@H]4O[C@@H](CN)[C@@H](O)[C@H](O)[C@H]4N)[C@H]3O)[C@@H](O)[C@H](NC(=O)C(O)[C@H](O)CN)C[C@@H]2N)[C@H](N)[C@@H](O)[C@@H]1O. The third-order valence-corrected chi connectivity index (χ3v) is 9.70. The summed E-state index contributed by atoms with van der Waals surface area (Å²) in [6, 6.07) is -5.00. The molecular formula is C28H55N7O16. The number of hydrogen-bond donors (Lipinski definition) is 16. The van der Waals surface area contributed by atoms with Gasteiger partial charge in [0.05, 0.1) is 24.7 Å². The number of hydrogen-bond acceptors (Lipinski definition) is 22. The van der Waals surface area contributed by atoms with Gasteiger partial charge in [0.1, 0.15) is 79.4 Å². The van der Waals surface area contributed by atoms with E-state index in [-0.39, 0.29) is 19.5 Å². The molecule has 0 aromatic carbocycles. The number of rotatable bonds is 14. The van der Waals surface area contributed by atoms with Crippen molar-refractivity contribution in [2.24, 2.45) is 28.7 Å². The molecule has 298 valence electrons. The molecule has 21 atom stereocenters. The standard InChI is InChI=1S/C28H55N7O16/c1-34-5-11-18(41)20(43)14(33)27(47-11)49-22-7(31)2-8(35-25(45)16(39)9(37)3-29)15(38)24(22)51-28-21(44)23(12(6-36)48-28)50-26-13(32)19(42)17(40)10(4-30)46-26/h7-24,26-28,34,36-44H,2-6,29-33H2,1H3,(H,35,45)/t7-,8+,9+,10-,11+,12+,13+,14+,15-,16?,17+,18+,19+,20+,21+,22+,23+,24+,26+,27+,28-/m0/s1. The Bertz CT molecular complexity index is 1110. The van der Waals surface area contributed by atoms with E-state index in [2.05, 4.69) is 10.6 Å². The lowest BCUT2D eigenvalue weighted by molar-refractivity contribution is -0.307. The molecule has 51 heavy (non-hydrogen) atoms. The molecule has 1 unspecified atom stereocenters. The highest BCUT2D eigenvalue weighted by Crippen LogP contribution is 2.34. The number of ether oxygens (including phenoxy) is 6. The van der Waals surface area contributed by atoms with E-state index in [1.165, 1.54) is 0 Å². The summed E-state index contributed by atoms with van der Waals surface area (Å²) in [5.74, 6) is -1.09. The normalized spacial score (nSPS) is 47.5. The molecule has 0 radical (unpaired) electrons. The molecule has 23 heteroatoms. The highest BCUT2D eigenvalue weighted by atomic mass is 16.8. The second-order valence-electron chi connectivity index (χ2n) is 13.3. The van der Waals surface area contributed by atoms with Crippen LogP contribution >= 0.6 is 0 Å². The van der Waals surface area contributed by atoms with E-state index < -0.39 is 148 Å². The zero-order valence-corrected chi connectivity index (χ0v) is 27.9. The van der Waals surface area contributed by atoms with Crippen LogP contribution in [0.25, 0.3) is 0 Å². The van der Waals surface area contributed by atoms with Crippen molar-refractivity contribution in [2.75, 3.05) is 33.3 Å². The number of amides is 1. The summed E-state index contributed by atoms with van der Waals surface area (Å²) < 4.78 is 35.2. The number of aliphatic hydroxyl groups excluding tert-OH is 9. The Labute approximate surface area is 292 Å². The van der Waals surface area contributed by atoms with Crippen LogP contribution in [0.15, 0.2) is 0 Å². The van der Waals surface area contributed by atoms with Gasteiger partial charge in [0.15, 0.2) is 25.0 Å². The van der Waals surface area contributed by atoms with Crippen molar-refractivity contribution in [3.8, 4) is 0 Å². The fourth-order valence-electron chi connectivity index (χ4n) is 6.60. The predicted molar refractivity (Wildman–Crippen MR) is 168 cm³/mol. The topological polar surface area (TPSA) is 409 Å². The molecule has 0 aromatic heterocycles. The van der Waals surface area contributed by atoms with Crippen LogP contribution in [-0.2, 0) is 33.2 Å². The molecule has 1 aliphatic carbocycles. The summed E-state index contributed by atoms with van der Waals surface area (Å²) in [4.78, 5) is 12.7. The molecule has 0 spiro atoms. The van der Waals surface area contributed by atoms with Crippen molar-refractivity contribution in [3.63, 3.8) is 0 Å². The van der Waals surface area contributed by atoms with Crippen LogP contribution in [0, 0.1) is 0 Å². The fourth-order valence-corrected chi connectivity index (χ4v) is 6.60. The van der Waals surface area contributed by atoms with E-state index in [1.54, 1.807) is 7.05 Å². The number of aliphatic hydroxyl groups is 9. The summed E-state index contributed by atoms with van der Waals surface area (Å²) in [5.41, 5.74) is 29.6. The van der Waals surface area contributed by atoms with E-state index >= 15 is 0 Å². The first kappa shape index (κ1) is 42.4. The van der Waals surface area contributed by atoms with Gasteiger partial charge in [-0.3, -0.25) is 4.79 Å². The van der Waals surface area contributed by atoms with Gasteiger partial charge in [0, 0.05) is 25.7 Å². The highest BCUT2D eigenvalue weighted by molar-refractivity contribution is 5.81. The van der Waals surface area contributed by atoms with Crippen LogP contribution < -0.4 is 39.3 Å². The summed E-state index contributed by atoms with van der Waals surface area (Å²) >= 11 is 0. The largest absolute Gasteiger partial charge is 0.394 e. The molecule has 4 fully saturated rings. The average molecular weight is 746 g/mol. The quantitative estimate of drug-likeness (QED) is 0.0784. The Morgan fingerprint density at radius 3 is 1.82 bits per heavy atom. The number of nitrogens with one attached hydrogen (secondary N) is 2. The van der Waals surface area contributed by atoms with Gasteiger partial charge in [0.25, 0.3) is 5.91 Å². The predicted octanol–water partition coefficient (Wildman–Crippen LogP) is -10.8. The molecule has 0 aromatic rings. The number of nitrogens with two attached hydrogens (primary N) is 5. The minimum Gasteiger partial charge on any atom is -0.394 e. The van der Waals surface area contributed by atoms with Crippen LogP contribution in [0.5, 0.6) is 0 Å². The molecule has 3 saturated heterocycles. The molecule has 1 saturated carbocycles. The van der Waals surface area contributed by atoms with Gasteiger partial charge in [-0.2, -0.15) is 0 Å². The van der Waals surface area contributed by atoms with Crippen LogP contribution in [0.2, 0.25) is 0 Å². The van der Waals surface area contributed by atoms with E-state index in [4.69, 9.17) is 57.1 Å². The minimum atomic E-state index is -1.97. The van der Waals surface area contributed by atoms with Crippen LogP contribution in [0.4, 0.5) is 0 Å². The second-order valence-corrected chi connectivity index (χ2v) is 13.3. The van der Waals surface area contributed by atoms with Crippen LogP contribution in [0.3, 0.4) is 0 Å². The molecule has 0 bridgehead atoms. The van der Waals surface area contributed by atoms with Crippen molar-refractivity contribution in [1.29, 1.82) is 0 Å². The third-order valence-electron chi connectivity index (χ3n) is 9.70. The zero-order chi connectivity index (χ0) is 37.9. The second kappa shape index (κ2) is 18.3. The molecular weight excluding hydrogens is 690 g/mol. The number of likely N-dealkylation sites (N-methyl/N-ethyl adjacent to an activating group) is 1. The zero-order valence-electron chi connectivity index (χ0n) is 27.9. The fraction of sp³-hybridized carbons (Fsp3) is 0.964. The van der Waals surface area contributed by atoms with E-state index in [9.17, 15) is 50.8 Å². The van der Waals surface area contributed by atoms with Crippen molar-refractivity contribution < 1.29 is 79.2 Å². The Morgan fingerprint density at radius 2 is 1.27 bits per heavy atom. The van der Waals surface area contributed by atoms with Crippen molar-refractivity contribution in [3.05, 3.63) is 0 Å².